The number of nitrogens with one attached hydrogen (secondary N) is 1. The van der Waals surface area contributed by atoms with Crippen LogP contribution in [0.5, 0.6) is 0 Å². The fourth-order valence-electron chi connectivity index (χ4n) is 3.63. The Morgan fingerprint density at radius 2 is 1.74 bits per heavy atom. The first-order valence-electron chi connectivity index (χ1n) is 9.87. The van der Waals surface area contributed by atoms with Crippen molar-refractivity contribution in [2.75, 3.05) is 20.3 Å². The van der Waals surface area contributed by atoms with E-state index in [1.54, 1.807) is 18.7 Å². The van der Waals surface area contributed by atoms with Crippen LogP contribution in [0.1, 0.15) is 66.7 Å². The largest absolute Gasteiger partial charge is 0.508 e. The van der Waals surface area contributed by atoms with Crippen molar-refractivity contribution in [1.82, 2.24) is 10.2 Å². The molecule has 156 valence electrons. The normalized spacial score (nSPS) is 16.6. The molecule has 0 bridgehead atoms. The van der Waals surface area contributed by atoms with E-state index in [2.05, 4.69) is 10.1 Å². The molecule has 1 rings (SSSR count). The highest BCUT2D eigenvalue weighted by atomic mass is 16.7. The molecule has 1 fully saturated rings. The lowest BCUT2D eigenvalue weighted by Gasteiger charge is -2.38. The number of ether oxygens (including phenoxy) is 2. The first-order valence-corrected chi connectivity index (χ1v) is 9.87. The van der Waals surface area contributed by atoms with Gasteiger partial charge in [0, 0.05) is 13.5 Å². The minimum absolute atomic E-state index is 0.0150. The van der Waals surface area contributed by atoms with Gasteiger partial charge in [-0.05, 0) is 38.5 Å². The van der Waals surface area contributed by atoms with Crippen LogP contribution in [0.15, 0.2) is 0 Å². The van der Waals surface area contributed by atoms with E-state index in [0.29, 0.717) is 12.5 Å². The zero-order valence-electron chi connectivity index (χ0n) is 17.7. The topological polar surface area (TPSA) is 84.9 Å². The van der Waals surface area contributed by atoms with Crippen molar-refractivity contribution < 1.29 is 23.9 Å². The Labute approximate surface area is 163 Å². The molecule has 7 heteroatoms. The van der Waals surface area contributed by atoms with Gasteiger partial charge in [-0.3, -0.25) is 9.59 Å². The maximum absolute atomic E-state index is 13.0. The summed E-state index contributed by atoms with van der Waals surface area (Å²) in [6.07, 6.45) is 5.04. The number of methoxy groups -OCH3 is 1. The third kappa shape index (κ3) is 7.77. The van der Waals surface area contributed by atoms with E-state index < -0.39 is 17.7 Å². The predicted molar refractivity (Wildman–Crippen MR) is 103 cm³/mol. The molecule has 0 radical (unpaired) electrons. The first kappa shape index (κ1) is 23.2. The van der Waals surface area contributed by atoms with Crippen molar-refractivity contribution in [1.29, 1.82) is 0 Å². The van der Waals surface area contributed by atoms with Crippen LogP contribution in [0.25, 0.3) is 0 Å². The summed E-state index contributed by atoms with van der Waals surface area (Å²) >= 11 is 0. The molecule has 0 aliphatic heterocycles. The second kappa shape index (κ2) is 10.5. The second-order valence-corrected chi connectivity index (χ2v) is 8.48. The maximum atomic E-state index is 13.0. The first-order chi connectivity index (χ1) is 12.6. The van der Waals surface area contributed by atoms with Gasteiger partial charge in [-0.15, -0.1) is 0 Å². The molecule has 0 saturated heterocycles. The van der Waals surface area contributed by atoms with Crippen LogP contribution in [0.3, 0.4) is 0 Å². The minimum atomic E-state index is -0.791. The molecular weight excluding hydrogens is 348 g/mol. The molecule has 0 aromatic rings. The highest BCUT2D eigenvalue weighted by molar-refractivity contribution is 5.87. The van der Waals surface area contributed by atoms with Gasteiger partial charge < -0.3 is 19.7 Å². The molecule has 1 saturated carbocycles. The highest BCUT2D eigenvalue weighted by Gasteiger charge is 2.35. The number of nitrogens with zero attached hydrogens (tertiary/aromatic N) is 1. The van der Waals surface area contributed by atoms with E-state index >= 15 is 0 Å². The molecule has 7 nitrogen and oxygen atoms in total. The lowest BCUT2D eigenvalue weighted by Crippen LogP contribution is -2.58. The van der Waals surface area contributed by atoms with E-state index in [1.807, 2.05) is 13.8 Å². The van der Waals surface area contributed by atoms with Gasteiger partial charge in [-0.1, -0.05) is 33.1 Å². The van der Waals surface area contributed by atoms with Crippen LogP contribution in [-0.4, -0.2) is 54.7 Å². The molecule has 0 aromatic carbocycles. The second-order valence-electron chi connectivity index (χ2n) is 8.48. The van der Waals surface area contributed by atoms with Crippen molar-refractivity contribution in [3.05, 3.63) is 0 Å². The molecule has 1 unspecified atom stereocenters. The van der Waals surface area contributed by atoms with E-state index in [4.69, 9.17) is 4.74 Å². The minimum Gasteiger partial charge on any atom is -0.438 e. The number of carbonyl (C=O) groups is 3. The zero-order chi connectivity index (χ0) is 20.6. The summed E-state index contributed by atoms with van der Waals surface area (Å²) in [4.78, 5) is 38.3. The molecule has 2 amide bonds. The van der Waals surface area contributed by atoms with Gasteiger partial charge in [0.2, 0.25) is 11.8 Å². The van der Waals surface area contributed by atoms with Crippen LogP contribution in [0, 0.1) is 11.8 Å². The fourth-order valence-corrected chi connectivity index (χ4v) is 3.63. The van der Waals surface area contributed by atoms with Gasteiger partial charge in [-0.2, -0.15) is 0 Å². The standard InChI is InChI=1S/C20H36N2O5/c1-14(2)17(18(24)21-20(4,5)13-27-19(25)26-6)22(15(3)23)12-16-10-8-7-9-11-16/h14,16-17H,7-13H2,1-6H3,(H,21,24). The lowest BCUT2D eigenvalue weighted by atomic mass is 9.88. The van der Waals surface area contributed by atoms with Gasteiger partial charge >= 0.3 is 6.16 Å². The number of carbonyl (C=O) groups excluding carboxylic acids is 3. The third-order valence-corrected chi connectivity index (χ3v) is 5.00. The summed E-state index contributed by atoms with van der Waals surface area (Å²) < 4.78 is 9.43. The summed E-state index contributed by atoms with van der Waals surface area (Å²) in [5.41, 5.74) is -0.772. The molecule has 1 aliphatic rings. The number of hydrogen-bond donors (Lipinski definition) is 1. The van der Waals surface area contributed by atoms with Crippen molar-refractivity contribution in [2.45, 2.75) is 78.3 Å². The average molecular weight is 385 g/mol. The molecule has 0 spiro atoms. The molecule has 1 N–H and O–H groups in total. The summed E-state index contributed by atoms with van der Waals surface area (Å²) in [5.74, 6) is 0.106. The third-order valence-electron chi connectivity index (χ3n) is 5.00. The molecular formula is C20H36N2O5. The van der Waals surface area contributed by atoms with Crippen molar-refractivity contribution in [2.24, 2.45) is 11.8 Å². The summed E-state index contributed by atoms with van der Waals surface area (Å²) in [7, 11) is 1.23. The lowest BCUT2D eigenvalue weighted by molar-refractivity contribution is -0.142. The molecule has 27 heavy (non-hydrogen) atoms. The fraction of sp³-hybridized carbons (Fsp3) is 0.850. The smallest absolute Gasteiger partial charge is 0.438 e. The zero-order valence-corrected chi connectivity index (χ0v) is 17.7. The number of amides is 2. The van der Waals surface area contributed by atoms with Crippen LogP contribution in [-0.2, 0) is 19.1 Å². The molecule has 0 heterocycles. The van der Waals surface area contributed by atoms with Crippen LogP contribution in [0.4, 0.5) is 4.79 Å². The predicted octanol–water partition coefficient (Wildman–Crippen LogP) is 3.12. The van der Waals surface area contributed by atoms with Crippen LogP contribution < -0.4 is 5.32 Å². The van der Waals surface area contributed by atoms with Gasteiger partial charge in [0.05, 0.1) is 12.6 Å². The Bertz CT molecular complexity index is 513. The van der Waals surface area contributed by atoms with Crippen molar-refractivity contribution in [3.63, 3.8) is 0 Å². The Kier molecular flexibility index (Phi) is 9.06. The Morgan fingerprint density at radius 1 is 1.15 bits per heavy atom. The van der Waals surface area contributed by atoms with E-state index in [1.165, 1.54) is 33.3 Å². The van der Waals surface area contributed by atoms with Gasteiger partial charge in [-0.25, -0.2) is 4.79 Å². The van der Waals surface area contributed by atoms with Gasteiger partial charge in [0.15, 0.2) is 0 Å². The summed E-state index contributed by atoms with van der Waals surface area (Å²) in [5, 5.41) is 2.92. The van der Waals surface area contributed by atoms with E-state index in [9.17, 15) is 14.4 Å². The SMILES string of the molecule is COC(=O)OCC(C)(C)NC(=O)C(C(C)C)N(CC1CCCCC1)C(C)=O. The number of hydrogen-bond acceptors (Lipinski definition) is 5. The van der Waals surface area contributed by atoms with E-state index in [0.717, 1.165) is 12.8 Å². The number of rotatable bonds is 8. The molecule has 1 atom stereocenters. The highest BCUT2D eigenvalue weighted by Crippen LogP contribution is 2.26. The van der Waals surface area contributed by atoms with Gasteiger partial charge in [0.25, 0.3) is 0 Å². The van der Waals surface area contributed by atoms with Crippen molar-refractivity contribution in [3.8, 4) is 0 Å². The van der Waals surface area contributed by atoms with Gasteiger partial charge in [0.1, 0.15) is 12.6 Å². The molecule has 1 aliphatic carbocycles. The molecule has 0 aromatic heterocycles. The van der Waals surface area contributed by atoms with Crippen LogP contribution >= 0.6 is 0 Å². The quantitative estimate of drug-likeness (QED) is 0.650. The van der Waals surface area contributed by atoms with Crippen molar-refractivity contribution >= 4 is 18.0 Å². The monoisotopic (exact) mass is 384 g/mol. The summed E-state index contributed by atoms with van der Waals surface area (Å²) in [6.45, 7) is 9.55. The average Bonchev–Trinajstić information content (AvgIpc) is 2.59. The Balaban J connectivity index is 2.83. The van der Waals surface area contributed by atoms with E-state index in [-0.39, 0.29) is 24.3 Å². The Morgan fingerprint density at radius 3 is 2.22 bits per heavy atom. The maximum Gasteiger partial charge on any atom is 0.508 e. The van der Waals surface area contributed by atoms with Crippen LogP contribution in [0.2, 0.25) is 0 Å². The Hall–Kier alpha value is -1.79. The summed E-state index contributed by atoms with van der Waals surface area (Å²) in [6, 6.07) is -0.554.